The van der Waals surface area contributed by atoms with E-state index in [0.29, 0.717) is 6.04 Å². The van der Waals surface area contributed by atoms with E-state index in [1.54, 1.807) is 0 Å². The number of rotatable bonds is 7. The summed E-state index contributed by atoms with van der Waals surface area (Å²) in [5.41, 5.74) is 1.46. The number of nitrogens with one attached hydrogen (secondary N) is 1. The Morgan fingerprint density at radius 2 is 1.80 bits per heavy atom. The summed E-state index contributed by atoms with van der Waals surface area (Å²) in [5.74, 6) is 0. The second kappa shape index (κ2) is 8.43. The van der Waals surface area contributed by atoms with Crippen LogP contribution in [0.5, 0.6) is 0 Å². The van der Waals surface area contributed by atoms with Crippen LogP contribution in [0.2, 0.25) is 0 Å². The van der Waals surface area contributed by atoms with Crippen LogP contribution in [0.4, 0.5) is 0 Å². The molecule has 1 aliphatic rings. The van der Waals surface area contributed by atoms with Crippen LogP contribution in [0.25, 0.3) is 0 Å². The van der Waals surface area contributed by atoms with Crippen molar-refractivity contribution < 1.29 is 0 Å². The van der Waals surface area contributed by atoms with Crippen molar-refractivity contribution in [3.05, 3.63) is 35.9 Å². The van der Waals surface area contributed by atoms with Gasteiger partial charge in [0.15, 0.2) is 0 Å². The van der Waals surface area contributed by atoms with Crippen molar-refractivity contribution in [2.75, 3.05) is 19.6 Å². The Hall–Kier alpha value is -0.860. The standard InChI is InChI=1S/C18H30N2/c1-3-19-15-18(16-11-7-5-8-12-16)20(4-2)17-13-9-6-10-14-17/h5,7-8,11-12,17-19H,3-4,6,9-10,13-15H2,1-2H3. The van der Waals surface area contributed by atoms with E-state index in [0.717, 1.165) is 25.7 Å². The van der Waals surface area contributed by atoms with Crippen LogP contribution >= 0.6 is 0 Å². The minimum atomic E-state index is 0.518. The van der Waals surface area contributed by atoms with E-state index in [1.807, 2.05) is 0 Å². The highest BCUT2D eigenvalue weighted by atomic mass is 15.2. The Morgan fingerprint density at radius 1 is 1.10 bits per heavy atom. The van der Waals surface area contributed by atoms with E-state index in [-0.39, 0.29) is 0 Å². The third-order valence-corrected chi connectivity index (χ3v) is 4.58. The van der Waals surface area contributed by atoms with Crippen LogP contribution in [0.1, 0.15) is 57.6 Å². The van der Waals surface area contributed by atoms with Crippen molar-refractivity contribution in [1.29, 1.82) is 0 Å². The number of hydrogen-bond acceptors (Lipinski definition) is 2. The normalized spacial score (nSPS) is 18.4. The van der Waals surface area contributed by atoms with Crippen molar-refractivity contribution in [3.8, 4) is 0 Å². The summed E-state index contributed by atoms with van der Waals surface area (Å²) >= 11 is 0. The molecule has 1 aliphatic carbocycles. The van der Waals surface area contributed by atoms with Gasteiger partial charge in [-0.1, -0.05) is 63.4 Å². The Labute approximate surface area is 124 Å². The van der Waals surface area contributed by atoms with Gasteiger partial charge in [0, 0.05) is 18.6 Å². The Bertz CT molecular complexity index is 357. The summed E-state index contributed by atoms with van der Waals surface area (Å²) in [6.07, 6.45) is 7.00. The Morgan fingerprint density at radius 3 is 2.40 bits per heavy atom. The predicted octanol–water partition coefficient (Wildman–Crippen LogP) is 3.99. The molecule has 0 bridgehead atoms. The van der Waals surface area contributed by atoms with Gasteiger partial charge in [-0.25, -0.2) is 0 Å². The molecule has 112 valence electrons. The highest BCUT2D eigenvalue weighted by molar-refractivity contribution is 5.19. The second-order valence-electron chi connectivity index (χ2n) is 5.86. The summed E-state index contributed by atoms with van der Waals surface area (Å²) < 4.78 is 0. The van der Waals surface area contributed by atoms with Crippen molar-refractivity contribution in [2.45, 2.75) is 58.0 Å². The first kappa shape index (κ1) is 15.5. The summed E-state index contributed by atoms with van der Waals surface area (Å²) in [6.45, 7) is 7.77. The van der Waals surface area contributed by atoms with Crippen LogP contribution in [0.3, 0.4) is 0 Å². The minimum absolute atomic E-state index is 0.518. The van der Waals surface area contributed by atoms with Crippen LogP contribution in [-0.4, -0.2) is 30.6 Å². The fourth-order valence-electron chi connectivity index (χ4n) is 3.53. The van der Waals surface area contributed by atoms with E-state index < -0.39 is 0 Å². The molecule has 2 nitrogen and oxygen atoms in total. The molecule has 1 fully saturated rings. The maximum Gasteiger partial charge on any atom is 0.0475 e. The van der Waals surface area contributed by atoms with E-state index >= 15 is 0 Å². The van der Waals surface area contributed by atoms with Crippen LogP contribution in [0, 0.1) is 0 Å². The van der Waals surface area contributed by atoms with Crippen LogP contribution in [0.15, 0.2) is 30.3 Å². The van der Waals surface area contributed by atoms with Gasteiger partial charge in [-0.15, -0.1) is 0 Å². The molecular formula is C18H30N2. The van der Waals surface area contributed by atoms with Gasteiger partial charge in [0.1, 0.15) is 0 Å². The summed E-state index contributed by atoms with van der Waals surface area (Å²) in [5, 5.41) is 3.56. The van der Waals surface area contributed by atoms with E-state index in [2.05, 4.69) is 54.4 Å². The van der Waals surface area contributed by atoms with E-state index in [4.69, 9.17) is 0 Å². The third-order valence-electron chi connectivity index (χ3n) is 4.58. The quantitative estimate of drug-likeness (QED) is 0.808. The van der Waals surface area contributed by atoms with Crippen molar-refractivity contribution in [2.24, 2.45) is 0 Å². The number of hydrogen-bond donors (Lipinski definition) is 1. The molecule has 1 aromatic rings. The van der Waals surface area contributed by atoms with E-state index in [9.17, 15) is 0 Å². The highest BCUT2D eigenvalue weighted by Crippen LogP contribution is 2.29. The first-order chi connectivity index (χ1) is 9.86. The maximum absolute atomic E-state index is 3.56. The molecule has 1 unspecified atom stereocenters. The van der Waals surface area contributed by atoms with Gasteiger partial charge in [0.25, 0.3) is 0 Å². The number of nitrogens with zero attached hydrogens (tertiary/aromatic N) is 1. The van der Waals surface area contributed by atoms with Gasteiger partial charge in [-0.2, -0.15) is 0 Å². The largest absolute Gasteiger partial charge is 0.315 e. The number of likely N-dealkylation sites (N-methyl/N-ethyl adjacent to an activating group) is 2. The molecule has 1 atom stereocenters. The lowest BCUT2D eigenvalue weighted by Gasteiger charge is -2.39. The van der Waals surface area contributed by atoms with Crippen molar-refractivity contribution in [3.63, 3.8) is 0 Å². The van der Waals surface area contributed by atoms with E-state index in [1.165, 1.54) is 37.7 Å². The van der Waals surface area contributed by atoms with Gasteiger partial charge >= 0.3 is 0 Å². The highest BCUT2D eigenvalue weighted by Gasteiger charge is 2.27. The smallest absolute Gasteiger partial charge is 0.0475 e. The molecule has 1 aromatic carbocycles. The average Bonchev–Trinajstić information content (AvgIpc) is 2.53. The Balaban J connectivity index is 2.14. The van der Waals surface area contributed by atoms with Gasteiger partial charge < -0.3 is 5.32 Å². The van der Waals surface area contributed by atoms with Crippen LogP contribution in [-0.2, 0) is 0 Å². The fraction of sp³-hybridized carbons (Fsp3) is 0.667. The maximum atomic E-state index is 3.56. The Kier molecular flexibility index (Phi) is 6.55. The molecule has 2 rings (SSSR count). The molecule has 1 N–H and O–H groups in total. The van der Waals surface area contributed by atoms with Gasteiger partial charge in [0.05, 0.1) is 0 Å². The van der Waals surface area contributed by atoms with Gasteiger partial charge in [0.2, 0.25) is 0 Å². The lowest BCUT2D eigenvalue weighted by atomic mass is 9.92. The lowest BCUT2D eigenvalue weighted by molar-refractivity contribution is 0.109. The minimum Gasteiger partial charge on any atom is -0.315 e. The van der Waals surface area contributed by atoms with Crippen LogP contribution < -0.4 is 5.32 Å². The average molecular weight is 274 g/mol. The zero-order valence-electron chi connectivity index (χ0n) is 13.1. The molecule has 1 saturated carbocycles. The molecule has 20 heavy (non-hydrogen) atoms. The monoisotopic (exact) mass is 274 g/mol. The molecule has 0 aliphatic heterocycles. The van der Waals surface area contributed by atoms with Gasteiger partial charge in [-0.05, 0) is 31.5 Å². The van der Waals surface area contributed by atoms with Crippen molar-refractivity contribution >= 4 is 0 Å². The fourth-order valence-corrected chi connectivity index (χ4v) is 3.53. The summed E-state index contributed by atoms with van der Waals surface area (Å²) in [7, 11) is 0. The molecule has 0 aromatic heterocycles. The number of benzene rings is 1. The first-order valence-corrected chi connectivity index (χ1v) is 8.38. The SMILES string of the molecule is CCNCC(c1ccccc1)N(CC)C1CCCCC1. The molecule has 0 amide bonds. The third kappa shape index (κ3) is 4.07. The summed E-state index contributed by atoms with van der Waals surface area (Å²) in [4.78, 5) is 2.73. The first-order valence-electron chi connectivity index (χ1n) is 8.38. The molecule has 2 heteroatoms. The second-order valence-corrected chi connectivity index (χ2v) is 5.86. The molecule has 0 saturated heterocycles. The molecule has 0 heterocycles. The topological polar surface area (TPSA) is 15.3 Å². The predicted molar refractivity (Wildman–Crippen MR) is 87.0 cm³/mol. The zero-order chi connectivity index (χ0) is 14.2. The zero-order valence-corrected chi connectivity index (χ0v) is 13.1. The lowest BCUT2D eigenvalue weighted by Crippen LogP contribution is -2.43. The summed E-state index contributed by atoms with van der Waals surface area (Å²) in [6, 6.07) is 12.3. The molecular weight excluding hydrogens is 244 g/mol. The molecule has 0 radical (unpaired) electrons. The molecule has 0 spiro atoms. The van der Waals surface area contributed by atoms with Crippen molar-refractivity contribution in [1.82, 2.24) is 10.2 Å². The van der Waals surface area contributed by atoms with Gasteiger partial charge in [-0.3, -0.25) is 4.90 Å².